The molecule has 0 N–H and O–H groups in total. The lowest BCUT2D eigenvalue weighted by Gasteiger charge is -2.06. The molecular weight excluding hydrogens is 645 g/mol. The summed E-state index contributed by atoms with van der Waals surface area (Å²) in [6.07, 6.45) is 66.4. The van der Waals surface area contributed by atoms with Gasteiger partial charge in [-0.1, -0.05) is 270 Å². The average molecular weight is 745 g/mol. The van der Waals surface area contributed by atoms with Crippen molar-refractivity contribution < 1.29 is 9.53 Å². The van der Waals surface area contributed by atoms with Crippen LogP contribution in [-0.2, 0) is 9.53 Å². The highest BCUT2D eigenvalue weighted by molar-refractivity contribution is 5.69. The van der Waals surface area contributed by atoms with E-state index in [4.69, 9.17) is 4.74 Å². The van der Waals surface area contributed by atoms with Gasteiger partial charge in [-0.15, -0.1) is 0 Å². The van der Waals surface area contributed by atoms with Crippen LogP contribution in [0, 0.1) is 0 Å². The van der Waals surface area contributed by atoms with Gasteiger partial charge < -0.3 is 4.74 Å². The van der Waals surface area contributed by atoms with E-state index in [-0.39, 0.29) is 5.97 Å². The van der Waals surface area contributed by atoms with Crippen LogP contribution in [-0.4, -0.2) is 12.6 Å². The molecule has 2 heteroatoms. The topological polar surface area (TPSA) is 26.3 Å². The summed E-state index contributed by atoms with van der Waals surface area (Å²) in [5.41, 5.74) is 0. The third-order valence-corrected chi connectivity index (χ3v) is 11.7. The Morgan fingerprint density at radius 1 is 0.302 bits per heavy atom. The maximum Gasteiger partial charge on any atom is 0.305 e. The molecule has 0 aliphatic carbocycles. The number of allylic oxidation sites excluding steroid dienone is 2. The second-order valence-corrected chi connectivity index (χ2v) is 17.2. The standard InChI is InChI=1S/C51H100O2/c1-3-5-7-9-11-13-15-17-19-20-21-22-23-24-25-26-27-28-29-30-31-32-33-34-36-38-40-42-44-46-48-50-53-51(52)49-47-45-43-41-39-37-35-18-16-14-12-10-8-6-4-2/h18,35H,3-17,19-34,36-50H2,1-2H3/b35-18-. The molecule has 0 aliphatic heterocycles. The van der Waals surface area contributed by atoms with Gasteiger partial charge in [-0.05, 0) is 38.5 Å². The zero-order valence-electron chi connectivity index (χ0n) is 37.0. The van der Waals surface area contributed by atoms with Crippen LogP contribution in [0.2, 0.25) is 0 Å². The first-order valence-electron chi connectivity index (χ1n) is 25.1. The molecule has 0 unspecified atom stereocenters. The molecule has 0 radical (unpaired) electrons. The molecule has 0 atom stereocenters. The van der Waals surface area contributed by atoms with Gasteiger partial charge in [0.25, 0.3) is 0 Å². The lowest BCUT2D eigenvalue weighted by molar-refractivity contribution is -0.143. The highest BCUT2D eigenvalue weighted by Gasteiger charge is 2.03. The van der Waals surface area contributed by atoms with Crippen molar-refractivity contribution in [2.75, 3.05) is 6.61 Å². The van der Waals surface area contributed by atoms with Crippen molar-refractivity contribution in [2.45, 2.75) is 303 Å². The Hall–Kier alpha value is -0.790. The van der Waals surface area contributed by atoms with Crippen molar-refractivity contribution in [3.63, 3.8) is 0 Å². The number of carbonyl (C=O) groups is 1. The highest BCUT2D eigenvalue weighted by Crippen LogP contribution is 2.17. The Balaban J connectivity index is 3.15. The molecule has 0 amide bonds. The Morgan fingerprint density at radius 2 is 0.528 bits per heavy atom. The van der Waals surface area contributed by atoms with E-state index in [9.17, 15) is 4.79 Å². The van der Waals surface area contributed by atoms with E-state index in [0.29, 0.717) is 13.0 Å². The summed E-state index contributed by atoms with van der Waals surface area (Å²) in [5.74, 6) is 0.0215. The lowest BCUT2D eigenvalue weighted by atomic mass is 10.0. The zero-order valence-corrected chi connectivity index (χ0v) is 37.0. The van der Waals surface area contributed by atoms with Gasteiger partial charge in [0.2, 0.25) is 0 Å². The minimum atomic E-state index is 0.0215. The first kappa shape index (κ1) is 52.2. The van der Waals surface area contributed by atoms with E-state index in [1.165, 1.54) is 263 Å². The monoisotopic (exact) mass is 745 g/mol. The fraction of sp³-hybridized carbons (Fsp3) is 0.941. The number of ether oxygens (including phenoxy) is 1. The molecule has 0 fully saturated rings. The number of hydrogen-bond acceptors (Lipinski definition) is 2. The smallest absolute Gasteiger partial charge is 0.305 e. The van der Waals surface area contributed by atoms with Gasteiger partial charge in [-0.2, -0.15) is 0 Å². The van der Waals surface area contributed by atoms with E-state index in [1.807, 2.05) is 0 Å². The normalized spacial score (nSPS) is 11.7. The number of unbranched alkanes of at least 4 members (excludes halogenated alkanes) is 41. The fourth-order valence-electron chi connectivity index (χ4n) is 7.90. The number of hydrogen-bond donors (Lipinski definition) is 0. The van der Waals surface area contributed by atoms with Gasteiger partial charge in [0.15, 0.2) is 0 Å². The summed E-state index contributed by atoms with van der Waals surface area (Å²) in [5, 5.41) is 0. The average Bonchev–Trinajstić information content (AvgIpc) is 3.16. The second-order valence-electron chi connectivity index (χ2n) is 17.2. The fourth-order valence-corrected chi connectivity index (χ4v) is 7.90. The zero-order chi connectivity index (χ0) is 38.2. The van der Waals surface area contributed by atoms with Crippen LogP contribution in [0.4, 0.5) is 0 Å². The highest BCUT2D eigenvalue weighted by atomic mass is 16.5. The van der Waals surface area contributed by atoms with Crippen molar-refractivity contribution in [1.29, 1.82) is 0 Å². The first-order valence-corrected chi connectivity index (χ1v) is 25.1. The molecule has 0 rings (SSSR count). The molecule has 2 nitrogen and oxygen atoms in total. The maximum absolute atomic E-state index is 12.0. The summed E-state index contributed by atoms with van der Waals surface area (Å²) in [6, 6.07) is 0. The summed E-state index contributed by atoms with van der Waals surface area (Å²) in [6.45, 7) is 5.22. The lowest BCUT2D eigenvalue weighted by Crippen LogP contribution is -2.05. The molecule has 0 aromatic heterocycles. The molecule has 0 bridgehead atoms. The third-order valence-electron chi connectivity index (χ3n) is 11.7. The molecule has 0 aromatic rings. The predicted octanol–water partition coefficient (Wildman–Crippen LogP) is 18.7. The van der Waals surface area contributed by atoms with Crippen LogP contribution >= 0.6 is 0 Å². The van der Waals surface area contributed by atoms with Gasteiger partial charge in [0, 0.05) is 6.42 Å². The Kier molecular flexibility index (Phi) is 48.5. The van der Waals surface area contributed by atoms with Gasteiger partial charge in [0.1, 0.15) is 0 Å². The summed E-state index contributed by atoms with van der Waals surface area (Å²) < 4.78 is 5.48. The van der Waals surface area contributed by atoms with E-state index < -0.39 is 0 Å². The van der Waals surface area contributed by atoms with E-state index in [2.05, 4.69) is 26.0 Å². The van der Waals surface area contributed by atoms with Crippen LogP contribution in [0.15, 0.2) is 12.2 Å². The van der Waals surface area contributed by atoms with Gasteiger partial charge in [-0.3, -0.25) is 4.79 Å². The Morgan fingerprint density at radius 3 is 0.811 bits per heavy atom. The molecule has 0 heterocycles. The van der Waals surface area contributed by atoms with E-state index >= 15 is 0 Å². The molecule has 0 aliphatic rings. The molecular formula is C51H100O2. The Bertz CT molecular complexity index is 684. The van der Waals surface area contributed by atoms with E-state index in [0.717, 1.165) is 19.3 Å². The van der Waals surface area contributed by atoms with Crippen molar-refractivity contribution in [1.82, 2.24) is 0 Å². The van der Waals surface area contributed by atoms with Crippen LogP contribution in [0.25, 0.3) is 0 Å². The molecule has 316 valence electrons. The third kappa shape index (κ3) is 49.2. The molecule has 0 spiro atoms. The predicted molar refractivity (Wildman–Crippen MR) is 239 cm³/mol. The quantitative estimate of drug-likeness (QED) is 0.0352. The van der Waals surface area contributed by atoms with Crippen LogP contribution in [0.1, 0.15) is 303 Å². The van der Waals surface area contributed by atoms with Crippen molar-refractivity contribution in [3.8, 4) is 0 Å². The van der Waals surface area contributed by atoms with Crippen molar-refractivity contribution >= 4 is 5.97 Å². The number of rotatable bonds is 47. The summed E-state index contributed by atoms with van der Waals surface area (Å²) >= 11 is 0. The van der Waals surface area contributed by atoms with Crippen LogP contribution in [0.5, 0.6) is 0 Å². The summed E-state index contributed by atoms with van der Waals surface area (Å²) in [7, 11) is 0. The maximum atomic E-state index is 12.0. The second kappa shape index (κ2) is 49.2. The molecule has 53 heavy (non-hydrogen) atoms. The molecule has 0 saturated heterocycles. The Labute approximate surface area is 336 Å². The van der Waals surface area contributed by atoms with Gasteiger partial charge in [-0.25, -0.2) is 0 Å². The SMILES string of the molecule is CCCCCCCC/C=C\CCCCCCCC(=O)OCCCCCCCCCCCCCCCCCCCCCCCCCCCCCCCCC. The van der Waals surface area contributed by atoms with Crippen LogP contribution < -0.4 is 0 Å². The minimum Gasteiger partial charge on any atom is -0.466 e. The summed E-state index contributed by atoms with van der Waals surface area (Å²) in [4.78, 5) is 12.0. The number of esters is 1. The number of carbonyl (C=O) groups excluding carboxylic acids is 1. The van der Waals surface area contributed by atoms with E-state index in [1.54, 1.807) is 0 Å². The van der Waals surface area contributed by atoms with Crippen molar-refractivity contribution in [2.24, 2.45) is 0 Å². The van der Waals surface area contributed by atoms with Crippen LogP contribution in [0.3, 0.4) is 0 Å². The molecule has 0 saturated carbocycles. The van der Waals surface area contributed by atoms with Gasteiger partial charge >= 0.3 is 5.97 Å². The largest absolute Gasteiger partial charge is 0.466 e. The van der Waals surface area contributed by atoms with Gasteiger partial charge in [0.05, 0.1) is 6.61 Å². The first-order chi connectivity index (χ1) is 26.3. The van der Waals surface area contributed by atoms with Crippen molar-refractivity contribution in [3.05, 3.63) is 12.2 Å². The minimum absolute atomic E-state index is 0.0215. The molecule has 0 aromatic carbocycles.